The number of aromatic nitrogens is 2. The van der Waals surface area contributed by atoms with E-state index in [-0.39, 0.29) is 5.76 Å². The molecule has 0 aromatic carbocycles. The van der Waals surface area contributed by atoms with E-state index in [9.17, 15) is 9.59 Å². The van der Waals surface area contributed by atoms with Crippen LogP contribution in [0.2, 0.25) is 0 Å². The van der Waals surface area contributed by atoms with Gasteiger partial charge in [0.25, 0.3) is 11.5 Å². The van der Waals surface area contributed by atoms with Crippen LogP contribution in [0.25, 0.3) is 0 Å². The minimum Gasteiger partial charge on any atom is -0.459 e. The number of rotatable bonds is 3. The molecule has 1 atom stereocenters. The van der Waals surface area contributed by atoms with Crippen LogP contribution in [0.3, 0.4) is 0 Å². The summed E-state index contributed by atoms with van der Waals surface area (Å²) < 4.78 is 4.02. The van der Waals surface area contributed by atoms with Crippen molar-refractivity contribution in [2.24, 2.45) is 0 Å². The van der Waals surface area contributed by atoms with E-state index in [0.29, 0.717) is 5.69 Å². The molecule has 112 valence electrons. The van der Waals surface area contributed by atoms with Crippen molar-refractivity contribution in [3.8, 4) is 0 Å². The quantitative estimate of drug-likeness (QED) is 0.863. The van der Waals surface area contributed by atoms with Gasteiger partial charge in [-0.1, -0.05) is 34.8 Å². The van der Waals surface area contributed by atoms with Gasteiger partial charge >= 0.3 is 0 Å². The summed E-state index contributed by atoms with van der Waals surface area (Å²) in [5.74, 6) is -0.592. The Hall–Kier alpha value is -1.50. The molecule has 0 aliphatic carbocycles. The van der Waals surface area contributed by atoms with E-state index in [1.54, 1.807) is 13.0 Å². The third-order valence-corrected chi connectivity index (χ3v) is 3.19. The average Bonchev–Trinajstić information content (AvgIpc) is 2.89. The zero-order valence-corrected chi connectivity index (χ0v) is 13.0. The molecule has 9 heteroatoms. The lowest BCUT2D eigenvalue weighted by Gasteiger charge is -2.26. The minimum absolute atomic E-state index is 0.0300. The first-order chi connectivity index (χ1) is 9.79. The van der Waals surface area contributed by atoms with Crippen molar-refractivity contribution >= 4 is 40.7 Å². The van der Waals surface area contributed by atoms with Gasteiger partial charge in [0, 0.05) is 11.8 Å². The van der Waals surface area contributed by atoms with Crippen LogP contribution >= 0.6 is 34.8 Å². The molecule has 0 fully saturated rings. The topological polar surface area (TPSA) is 77.1 Å². The van der Waals surface area contributed by atoms with Crippen LogP contribution in [0.15, 0.2) is 40.0 Å². The van der Waals surface area contributed by atoms with Crippen LogP contribution in [0.4, 0.5) is 0 Å². The Kier molecular flexibility index (Phi) is 4.61. The predicted octanol–water partition coefficient (Wildman–Crippen LogP) is 2.44. The zero-order valence-electron chi connectivity index (χ0n) is 10.7. The molecule has 0 bridgehead atoms. The number of nitrogens with one attached hydrogen (secondary N) is 1. The summed E-state index contributed by atoms with van der Waals surface area (Å²) in [6.07, 6.45) is 1.30. The van der Waals surface area contributed by atoms with E-state index in [1.165, 1.54) is 24.7 Å². The Morgan fingerprint density at radius 1 is 1.48 bits per heavy atom. The molecular formula is C12H10Cl3N3O3. The average molecular weight is 351 g/mol. The predicted molar refractivity (Wildman–Crippen MR) is 78.7 cm³/mol. The smallest absolute Gasteiger partial charge is 0.288 e. The van der Waals surface area contributed by atoms with E-state index in [4.69, 9.17) is 39.2 Å². The molecular weight excluding hydrogens is 341 g/mol. The highest BCUT2D eigenvalue weighted by molar-refractivity contribution is 6.67. The van der Waals surface area contributed by atoms with Crippen molar-refractivity contribution < 1.29 is 9.21 Å². The van der Waals surface area contributed by atoms with Crippen molar-refractivity contribution in [2.75, 3.05) is 0 Å². The summed E-state index contributed by atoms with van der Waals surface area (Å²) in [6, 6.07) is 4.25. The van der Waals surface area contributed by atoms with Crippen LogP contribution in [0.5, 0.6) is 0 Å². The number of furan rings is 1. The SMILES string of the molecule is Cc1cc(=O)n([C@@H](NC(=O)c2ccco2)C(Cl)(Cl)Cl)cn1. The Morgan fingerprint density at radius 3 is 2.71 bits per heavy atom. The van der Waals surface area contributed by atoms with E-state index in [1.807, 2.05) is 0 Å². The second-order valence-electron chi connectivity index (χ2n) is 4.17. The van der Waals surface area contributed by atoms with Gasteiger partial charge in [-0.15, -0.1) is 0 Å². The van der Waals surface area contributed by atoms with Gasteiger partial charge in [0.05, 0.1) is 12.6 Å². The van der Waals surface area contributed by atoms with Crippen molar-refractivity contribution in [1.82, 2.24) is 14.9 Å². The lowest BCUT2D eigenvalue weighted by atomic mass is 10.4. The Balaban J connectivity index is 2.36. The molecule has 0 radical (unpaired) electrons. The normalized spacial score (nSPS) is 13.0. The fourth-order valence-electron chi connectivity index (χ4n) is 1.61. The van der Waals surface area contributed by atoms with Crippen LogP contribution in [-0.2, 0) is 0 Å². The summed E-state index contributed by atoms with van der Waals surface area (Å²) in [6.45, 7) is 1.65. The fourth-order valence-corrected chi connectivity index (χ4v) is 2.09. The third kappa shape index (κ3) is 3.78. The second kappa shape index (κ2) is 6.09. The van der Waals surface area contributed by atoms with Crippen LogP contribution in [0.1, 0.15) is 22.4 Å². The number of amides is 1. The van der Waals surface area contributed by atoms with E-state index in [0.717, 1.165) is 4.57 Å². The van der Waals surface area contributed by atoms with E-state index in [2.05, 4.69) is 10.3 Å². The van der Waals surface area contributed by atoms with E-state index < -0.39 is 21.4 Å². The highest BCUT2D eigenvalue weighted by Gasteiger charge is 2.36. The third-order valence-electron chi connectivity index (χ3n) is 2.57. The second-order valence-corrected chi connectivity index (χ2v) is 6.54. The van der Waals surface area contributed by atoms with Crippen molar-refractivity contribution in [1.29, 1.82) is 0 Å². The van der Waals surface area contributed by atoms with Crippen LogP contribution in [0, 0.1) is 6.92 Å². The lowest BCUT2D eigenvalue weighted by molar-refractivity contribution is 0.0891. The molecule has 0 spiro atoms. The number of carbonyl (C=O) groups is 1. The molecule has 0 saturated carbocycles. The van der Waals surface area contributed by atoms with Gasteiger partial charge in [0.15, 0.2) is 11.9 Å². The Bertz CT molecular complexity index is 692. The molecule has 0 saturated heterocycles. The summed E-state index contributed by atoms with van der Waals surface area (Å²) >= 11 is 17.5. The van der Waals surface area contributed by atoms with Crippen LogP contribution in [-0.4, -0.2) is 19.3 Å². The summed E-state index contributed by atoms with van der Waals surface area (Å²) in [4.78, 5) is 27.9. The molecule has 1 N–H and O–H groups in total. The molecule has 2 heterocycles. The van der Waals surface area contributed by atoms with Crippen molar-refractivity contribution in [3.05, 3.63) is 52.6 Å². The summed E-state index contributed by atoms with van der Waals surface area (Å²) in [5.41, 5.74) is 0.0512. The van der Waals surface area contributed by atoms with Crippen molar-refractivity contribution in [2.45, 2.75) is 16.9 Å². The number of nitrogens with zero attached hydrogens (tertiary/aromatic N) is 2. The maximum absolute atomic E-state index is 12.0. The number of alkyl halides is 3. The number of hydrogen-bond acceptors (Lipinski definition) is 4. The summed E-state index contributed by atoms with van der Waals surface area (Å²) in [7, 11) is 0. The van der Waals surface area contributed by atoms with Gasteiger partial charge in [0.1, 0.15) is 0 Å². The first kappa shape index (κ1) is 15.9. The highest BCUT2D eigenvalue weighted by atomic mass is 35.6. The molecule has 2 rings (SSSR count). The molecule has 1 amide bonds. The Labute approximate surface area is 134 Å². The van der Waals surface area contributed by atoms with Gasteiger partial charge < -0.3 is 9.73 Å². The minimum atomic E-state index is -1.96. The lowest BCUT2D eigenvalue weighted by Crippen LogP contribution is -2.44. The van der Waals surface area contributed by atoms with Gasteiger partial charge in [0.2, 0.25) is 3.79 Å². The van der Waals surface area contributed by atoms with Gasteiger partial charge in [-0.05, 0) is 19.1 Å². The number of halogens is 3. The molecule has 2 aromatic heterocycles. The first-order valence-electron chi connectivity index (χ1n) is 5.75. The number of carbonyl (C=O) groups excluding carboxylic acids is 1. The molecule has 0 aliphatic rings. The Morgan fingerprint density at radius 2 is 2.19 bits per heavy atom. The molecule has 6 nitrogen and oxygen atoms in total. The molecule has 0 unspecified atom stereocenters. The van der Waals surface area contributed by atoms with Gasteiger partial charge in [-0.25, -0.2) is 4.98 Å². The maximum Gasteiger partial charge on any atom is 0.288 e. The van der Waals surface area contributed by atoms with Crippen molar-refractivity contribution in [3.63, 3.8) is 0 Å². The zero-order chi connectivity index (χ0) is 15.6. The molecule has 0 aliphatic heterocycles. The maximum atomic E-state index is 12.0. The fraction of sp³-hybridized carbons (Fsp3) is 0.250. The van der Waals surface area contributed by atoms with Gasteiger partial charge in [-0.3, -0.25) is 14.2 Å². The molecule has 2 aromatic rings. The van der Waals surface area contributed by atoms with E-state index >= 15 is 0 Å². The number of hydrogen-bond donors (Lipinski definition) is 1. The number of aryl methyl sites for hydroxylation is 1. The first-order valence-corrected chi connectivity index (χ1v) is 6.88. The summed E-state index contributed by atoms with van der Waals surface area (Å²) in [5, 5.41) is 2.43. The largest absolute Gasteiger partial charge is 0.459 e. The van der Waals surface area contributed by atoms with Crippen LogP contribution < -0.4 is 10.9 Å². The standard InChI is InChI=1S/C12H10Cl3N3O3/c1-7-5-9(19)18(6-16-7)11(12(13,14)15)17-10(20)8-3-2-4-21-8/h2-6,11H,1H3,(H,17,20)/t11-/m1/s1. The molecule has 21 heavy (non-hydrogen) atoms. The highest BCUT2D eigenvalue weighted by Crippen LogP contribution is 2.36. The monoisotopic (exact) mass is 349 g/mol. The van der Waals surface area contributed by atoms with Gasteiger partial charge in [-0.2, -0.15) is 0 Å².